The minimum Gasteiger partial charge on any atom is -0.368 e. The molecule has 0 saturated heterocycles. The van der Waals surface area contributed by atoms with Crippen molar-refractivity contribution in [1.29, 1.82) is 0 Å². The predicted molar refractivity (Wildman–Crippen MR) is 76.0 cm³/mol. The van der Waals surface area contributed by atoms with Gasteiger partial charge in [0.15, 0.2) is 0 Å². The van der Waals surface area contributed by atoms with Gasteiger partial charge < -0.3 is 5.32 Å². The first-order valence-corrected chi connectivity index (χ1v) is 7.16. The summed E-state index contributed by atoms with van der Waals surface area (Å²) in [6, 6.07) is 1.82. The molecule has 1 unspecified atom stereocenters. The van der Waals surface area contributed by atoms with E-state index in [0.29, 0.717) is 10.9 Å². The van der Waals surface area contributed by atoms with Crippen LogP contribution in [-0.4, -0.2) is 16.5 Å². The fourth-order valence-corrected chi connectivity index (χ4v) is 2.84. The van der Waals surface area contributed by atoms with Crippen LogP contribution in [0.5, 0.6) is 0 Å². The number of hydrogen-bond acceptors (Lipinski definition) is 4. The molecular formula is C11H11BrClN3S. The van der Waals surface area contributed by atoms with E-state index in [1.165, 1.54) is 0 Å². The largest absolute Gasteiger partial charge is 0.368 e. The number of nitrogens with one attached hydrogen (secondary N) is 1. The molecule has 0 saturated carbocycles. The average Bonchev–Trinajstić information content (AvgIpc) is 2.81. The third-order valence-corrected chi connectivity index (χ3v) is 4.07. The van der Waals surface area contributed by atoms with Crippen molar-refractivity contribution >= 4 is 44.7 Å². The first-order chi connectivity index (χ1) is 8.16. The molecule has 2 rings (SSSR count). The molecule has 0 aromatic carbocycles. The van der Waals surface area contributed by atoms with Crippen LogP contribution in [-0.2, 0) is 0 Å². The Morgan fingerprint density at radius 2 is 2.35 bits per heavy atom. The van der Waals surface area contributed by atoms with Gasteiger partial charge >= 0.3 is 0 Å². The zero-order chi connectivity index (χ0) is 12.3. The van der Waals surface area contributed by atoms with Gasteiger partial charge in [-0.25, -0.2) is 9.97 Å². The second kappa shape index (κ2) is 5.80. The normalized spacial score (nSPS) is 12.4. The van der Waals surface area contributed by atoms with Crippen molar-refractivity contribution in [2.45, 2.75) is 12.8 Å². The van der Waals surface area contributed by atoms with Crippen molar-refractivity contribution in [2.24, 2.45) is 0 Å². The molecule has 0 bridgehead atoms. The van der Waals surface area contributed by atoms with Crippen LogP contribution in [0.3, 0.4) is 0 Å². The van der Waals surface area contributed by atoms with Crippen LogP contribution in [0.2, 0.25) is 5.02 Å². The standard InChI is InChI=1S/C11H11BrClN3S/c1-7(11-14-2-3-17-11)5-15-10-9(12)4-8(13)6-16-10/h2-4,6-7H,5H2,1H3,(H,15,16). The van der Waals surface area contributed by atoms with E-state index in [-0.39, 0.29) is 0 Å². The summed E-state index contributed by atoms with van der Waals surface area (Å²) in [6.45, 7) is 2.93. The number of halogens is 2. The summed E-state index contributed by atoms with van der Waals surface area (Å²) >= 11 is 10.9. The van der Waals surface area contributed by atoms with Crippen molar-refractivity contribution in [2.75, 3.05) is 11.9 Å². The summed E-state index contributed by atoms with van der Waals surface area (Å²) in [7, 11) is 0. The highest BCUT2D eigenvalue weighted by atomic mass is 79.9. The molecule has 0 radical (unpaired) electrons. The third-order valence-electron chi connectivity index (χ3n) is 2.26. The number of thiazole rings is 1. The molecule has 2 heterocycles. The summed E-state index contributed by atoms with van der Waals surface area (Å²) in [6.07, 6.45) is 3.45. The molecule has 0 fully saturated rings. The van der Waals surface area contributed by atoms with Crippen LogP contribution < -0.4 is 5.32 Å². The van der Waals surface area contributed by atoms with Gasteiger partial charge in [0, 0.05) is 30.2 Å². The molecule has 0 amide bonds. The van der Waals surface area contributed by atoms with E-state index in [1.807, 2.05) is 17.6 Å². The Kier molecular flexibility index (Phi) is 4.36. The van der Waals surface area contributed by atoms with Gasteiger partial charge in [-0.15, -0.1) is 11.3 Å². The highest BCUT2D eigenvalue weighted by Crippen LogP contribution is 2.24. The fraction of sp³-hybridized carbons (Fsp3) is 0.273. The quantitative estimate of drug-likeness (QED) is 0.913. The Bertz CT molecular complexity index is 489. The molecule has 3 nitrogen and oxygen atoms in total. The van der Waals surface area contributed by atoms with Crippen LogP contribution in [0.4, 0.5) is 5.82 Å². The molecule has 0 aliphatic carbocycles. The monoisotopic (exact) mass is 331 g/mol. The van der Waals surface area contributed by atoms with Gasteiger partial charge in [0.2, 0.25) is 0 Å². The molecule has 17 heavy (non-hydrogen) atoms. The first kappa shape index (κ1) is 12.8. The van der Waals surface area contributed by atoms with Gasteiger partial charge in [0.1, 0.15) is 5.82 Å². The molecule has 6 heteroatoms. The topological polar surface area (TPSA) is 37.8 Å². The predicted octanol–water partition coefficient (Wildman–Crippen LogP) is 4.17. The second-order valence-electron chi connectivity index (χ2n) is 3.64. The molecular weight excluding hydrogens is 322 g/mol. The maximum atomic E-state index is 5.83. The smallest absolute Gasteiger partial charge is 0.140 e. The fourth-order valence-electron chi connectivity index (χ4n) is 1.36. The van der Waals surface area contributed by atoms with E-state index in [2.05, 4.69) is 38.1 Å². The minimum atomic E-state index is 0.361. The van der Waals surface area contributed by atoms with Gasteiger partial charge in [-0.2, -0.15) is 0 Å². The Hall–Kier alpha value is -0.650. The van der Waals surface area contributed by atoms with Crippen molar-refractivity contribution in [3.8, 4) is 0 Å². The number of aromatic nitrogens is 2. The van der Waals surface area contributed by atoms with Crippen LogP contribution in [0, 0.1) is 0 Å². The summed E-state index contributed by atoms with van der Waals surface area (Å²) in [5, 5.41) is 7.01. The molecule has 1 atom stereocenters. The van der Waals surface area contributed by atoms with E-state index in [9.17, 15) is 0 Å². The number of pyridine rings is 1. The zero-order valence-electron chi connectivity index (χ0n) is 9.15. The van der Waals surface area contributed by atoms with Crippen molar-refractivity contribution in [3.05, 3.63) is 38.3 Å². The molecule has 0 aliphatic rings. The third kappa shape index (κ3) is 3.40. The summed E-state index contributed by atoms with van der Waals surface area (Å²) in [5.74, 6) is 1.16. The molecule has 0 spiro atoms. The van der Waals surface area contributed by atoms with Crippen molar-refractivity contribution in [3.63, 3.8) is 0 Å². The van der Waals surface area contributed by atoms with E-state index >= 15 is 0 Å². The van der Waals surface area contributed by atoms with Crippen LogP contribution >= 0.6 is 38.9 Å². The Morgan fingerprint density at radius 1 is 1.53 bits per heavy atom. The lowest BCUT2D eigenvalue weighted by atomic mass is 10.2. The van der Waals surface area contributed by atoms with E-state index in [4.69, 9.17) is 11.6 Å². The lowest BCUT2D eigenvalue weighted by Crippen LogP contribution is -2.10. The van der Waals surface area contributed by atoms with Crippen LogP contribution in [0.1, 0.15) is 17.8 Å². The maximum Gasteiger partial charge on any atom is 0.140 e. The molecule has 0 aliphatic heterocycles. The molecule has 2 aromatic heterocycles. The van der Waals surface area contributed by atoms with Crippen molar-refractivity contribution < 1.29 is 0 Å². The number of anilines is 1. The number of nitrogens with zero attached hydrogens (tertiary/aromatic N) is 2. The summed E-state index contributed by atoms with van der Waals surface area (Å²) < 4.78 is 0.872. The maximum absolute atomic E-state index is 5.83. The lowest BCUT2D eigenvalue weighted by Gasteiger charge is -2.11. The van der Waals surface area contributed by atoms with E-state index in [0.717, 1.165) is 21.8 Å². The minimum absolute atomic E-state index is 0.361. The SMILES string of the molecule is CC(CNc1ncc(Cl)cc1Br)c1nccs1. The lowest BCUT2D eigenvalue weighted by molar-refractivity contribution is 0.791. The highest BCUT2D eigenvalue weighted by Gasteiger charge is 2.09. The number of rotatable bonds is 4. The second-order valence-corrected chi connectivity index (χ2v) is 5.85. The van der Waals surface area contributed by atoms with Crippen LogP contribution in [0.25, 0.3) is 0 Å². The van der Waals surface area contributed by atoms with E-state index < -0.39 is 0 Å². The van der Waals surface area contributed by atoms with Gasteiger partial charge in [-0.1, -0.05) is 18.5 Å². The molecule has 2 aromatic rings. The summed E-state index contributed by atoms with van der Waals surface area (Å²) in [5.41, 5.74) is 0. The Morgan fingerprint density at radius 3 is 3.00 bits per heavy atom. The number of hydrogen-bond donors (Lipinski definition) is 1. The molecule has 1 N–H and O–H groups in total. The first-order valence-electron chi connectivity index (χ1n) is 5.11. The van der Waals surface area contributed by atoms with Crippen LogP contribution in [0.15, 0.2) is 28.3 Å². The highest BCUT2D eigenvalue weighted by molar-refractivity contribution is 9.10. The van der Waals surface area contributed by atoms with Crippen molar-refractivity contribution in [1.82, 2.24) is 9.97 Å². The summed E-state index contributed by atoms with van der Waals surface area (Å²) in [4.78, 5) is 8.51. The van der Waals surface area contributed by atoms with Gasteiger partial charge in [0.25, 0.3) is 0 Å². The van der Waals surface area contributed by atoms with Gasteiger partial charge in [-0.3, -0.25) is 0 Å². The van der Waals surface area contributed by atoms with Gasteiger partial charge in [0.05, 0.1) is 14.5 Å². The Labute approximate surface area is 117 Å². The zero-order valence-corrected chi connectivity index (χ0v) is 12.3. The Balaban J connectivity index is 1.98. The van der Waals surface area contributed by atoms with Gasteiger partial charge in [-0.05, 0) is 22.0 Å². The molecule has 90 valence electrons. The van der Waals surface area contributed by atoms with E-state index in [1.54, 1.807) is 17.5 Å². The average molecular weight is 333 g/mol.